The summed E-state index contributed by atoms with van der Waals surface area (Å²) in [6.07, 6.45) is 0. The lowest BCUT2D eigenvalue weighted by Crippen LogP contribution is -2.66. The summed E-state index contributed by atoms with van der Waals surface area (Å²) in [4.78, 5) is 0. The van der Waals surface area contributed by atoms with Crippen LogP contribution in [0.4, 0.5) is 0 Å². The van der Waals surface area contributed by atoms with Crippen LogP contribution in [0.3, 0.4) is 0 Å². The van der Waals surface area contributed by atoms with Crippen molar-refractivity contribution in [2.24, 2.45) is 0 Å². The van der Waals surface area contributed by atoms with Gasteiger partial charge in [0.05, 0.1) is 6.61 Å². The highest BCUT2D eigenvalue weighted by Crippen LogP contribution is 2.37. The minimum atomic E-state index is -2.46. The van der Waals surface area contributed by atoms with Gasteiger partial charge in [0.25, 0.3) is 8.32 Å². The first-order valence-electron chi connectivity index (χ1n) is 9.36. The van der Waals surface area contributed by atoms with Crippen LogP contribution in [0.5, 0.6) is 0 Å². The Kier molecular flexibility index (Phi) is 6.55. The van der Waals surface area contributed by atoms with Gasteiger partial charge in [-0.2, -0.15) is 0 Å². The van der Waals surface area contributed by atoms with Gasteiger partial charge in [-0.05, 0) is 26.5 Å². The number of benzene rings is 3. The molecule has 0 N–H and O–H groups in total. The van der Waals surface area contributed by atoms with Crippen LogP contribution >= 0.6 is 22.6 Å². The van der Waals surface area contributed by atoms with Crippen LogP contribution in [0.15, 0.2) is 84.9 Å². The number of hydrogen-bond acceptors (Lipinski definition) is 1. The molecule has 0 spiro atoms. The third-order valence-electron chi connectivity index (χ3n) is 5.05. The van der Waals surface area contributed by atoms with E-state index >= 15 is 0 Å². The first-order valence-corrected chi connectivity index (χ1v) is 12.8. The Bertz CT molecular complexity index is 800. The van der Waals surface area contributed by atoms with Crippen molar-refractivity contribution in [3.63, 3.8) is 0 Å². The predicted octanol–water partition coefficient (Wildman–Crippen LogP) is 5.70. The van der Waals surface area contributed by atoms with E-state index in [1.54, 1.807) is 0 Å². The van der Waals surface area contributed by atoms with Gasteiger partial charge in [-0.1, -0.05) is 128 Å². The molecular weight excluding hydrogens is 459 g/mol. The van der Waals surface area contributed by atoms with Gasteiger partial charge in [-0.3, -0.25) is 0 Å². The molecule has 27 heavy (non-hydrogen) atoms. The fraction of sp³-hybridized carbons (Fsp3) is 0.250. The summed E-state index contributed by atoms with van der Waals surface area (Å²) in [5, 5.41) is 2.66. The van der Waals surface area contributed by atoms with Gasteiger partial charge in [-0.15, -0.1) is 0 Å². The van der Waals surface area contributed by atoms with E-state index in [0.717, 1.165) is 4.43 Å². The molecule has 0 saturated heterocycles. The van der Waals surface area contributed by atoms with Gasteiger partial charge in [-0.25, -0.2) is 0 Å². The minimum absolute atomic E-state index is 0.0118. The van der Waals surface area contributed by atoms with Crippen molar-refractivity contribution in [3.8, 4) is 0 Å². The molecule has 0 fully saturated rings. The smallest absolute Gasteiger partial charge is 0.261 e. The van der Waals surface area contributed by atoms with E-state index in [4.69, 9.17) is 4.43 Å². The van der Waals surface area contributed by atoms with Crippen LogP contribution < -0.4 is 10.4 Å². The number of alkyl halides is 1. The standard InChI is InChI=1S/C24H27IOSi/c1-24(2,3)27(22-10-6-4-7-11-22,23-12-8-5-9-13-23)26-19-21-16-14-20(18-25)15-17-21/h4-17H,18-19H2,1-3H3. The number of halogens is 1. The Labute approximate surface area is 178 Å². The molecule has 140 valence electrons. The van der Waals surface area contributed by atoms with Gasteiger partial charge in [0.1, 0.15) is 0 Å². The molecule has 3 aromatic carbocycles. The van der Waals surface area contributed by atoms with Crippen molar-refractivity contribution < 1.29 is 4.43 Å². The minimum Gasteiger partial charge on any atom is -0.403 e. The van der Waals surface area contributed by atoms with Crippen LogP contribution in [0.2, 0.25) is 5.04 Å². The molecule has 0 amide bonds. The fourth-order valence-corrected chi connectivity index (χ4v) is 8.72. The molecule has 0 saturated carbocycles. The summed E-state index contributed by atoms with van der Waals surface area (Å²) in [6, 6.07) is 30.5. The quantitative estimate of drug-likeness (QED) is 0.247. The first kappa shape index (κ1) is 20.3. The van der Waals surface area contributed by atoms with Crippen molar-refractivity contribution in [2.75, 3.05) is 0 Å². The second kappa shape index (κ2) is 8.72. The summed E-state index contributed by atoms with van der Waals surface area (Å²) >= 11 is 2.40. The molecule has 0 aliphatic heterocycles. The maximum Gasteiger partial charge on any atom is 0.261 e. The zero-order valence-corrected chi connectivity index (χ0v) is 19.4. The van der Waals surface area contributed by atoms with E-state index in [-0.39, 0.29) is 5.04 Å². The molecular formula is C24H27IOSi. The molecule has 0 bridgehead atoms. The summed E-state index contributed by atoms with van der Waals surface area (Å²) in [6.45, 7) is 7.59. The van der Waals surface area contributed by atoms with Gasteiger partial charge in [0.2, 0.25) is 0 Å². The van der Waals surface area contributed by atoms with E-state index < -0.39 is 8.32 Å². The average molecular weight is 486 g/mol. The van der Waals surface area contributed by atoms with Gasteiger partial charge in [0.15, 0.2) is 0 Å². The lowest BCUT2D eigenvalue weighted by Gasteiger charge is -2.43. The van der Waals surface area contributed by atoms with E-state index in [1.165, 1.54) is 21.5 Å². The molecule has 3 rings (SSSR count). The van der Waals surface area contributed by atoms with Crippen LogP contribution in [-0.2, 0) is 15.5 Å². The molecule has 0 aliphatic carbocycles. The molecule has 1 nitrogen and oxygen atoms in total. The largest absolute Gasteiger partial charge is 0.403 e. The summed E-state index contributed by atoms with van der Waals surface area (Å²) in [5.41, 5.74) is 2.58. The van der Waals surface area contributed by atoms with Crippen LogP contribution in [0, 0.1) is 0 Å². The van der Waals surface area contributed by atoms with E-state index in [1.807, 2.05) is 0 Å². The Morgan fingerprint density at radius 3 is 1.56 bits per heavy atom. The fourth-order valence-electron chi connectivity index (χ4n) is 3.68. The summed E-state index contributed by atoms with van der Waals surface area (Å²) < 4.78 is 8.00. The van der Waals surface area contributed by atoms with Crippen LogP contribution in [0.1, 0.15) is 31.9 Å². The summed E-state index contributed by atoms with van der Waals surface area (Å²) in [5.74, 6) is 0. The normalized spacial score (nSPS) is 12.1. The monoisotopic (exact) mass is 486 g/mol. The van der Waals surface area contributed by atoms with Gasteiger partial charge < -0.3 is 4.43 Å². The molecule has 0 unspecified atom stereocenters. The van der Waals surface area contributed by atoms with Crippen molar-refractivity contribution in [1.82, 2.24) is 0 Å². The van der Waals surface area contributed by atoms with Gasteiger partial charge >= 0.3 is 0 Å². The van der Waals surface area contributed by atoms with Crippen molar-refractivity contribution in [1.29, 1.82) is 0 Å². The third-order valence-corrected chi connectivity index (χ3v) is 10.9. The summed E-state index contributed by atoms with van der Waals surface area (Å²) in [7, 11) is -2.46. The first-order chi connectivity index (χ1) is 13.0. The molecule has 0 aromatic heterocycles. The van der Waals surface area contributed by atoms with Crippen LogP contribution in [0.25, 0.3) is 0 Å². The van der Waals surface area contributed by atoms with E-state index in [2.05, 4.69) is 128 Å². The lowest BCUT2D eigenvalue weighted by atomic mass is 10.2. The molecule has 3 heteroatoms. The average Bonchev–Trinajstić information content (AvgIpc) is 2.69. The Morgan fingerprint density at radius 2 is 1.15 bits per heavy atom. The second-order valence-corrected chi connectivity index (χ2v) is 13.0. The second-order valence-electron chi connectivity index (χ2n) is 7.90. The Morgan fingerprint density at radius 1 is 0.704 bits per heavy atom. The predicted molar refractivity (Wildman–Crippen MR) is 127 cm³/mol. The highest BCUT2D eigenvalue weighted by Gasteiger charge is 2.50. The Hall–Kier alpha value is -1.43. The SMILES string of the molecule is CC(C)(C)[Si](OCc1ccc(CI)cc1)(c1ccccc1)c1ccccc1. The van der Waals surface area contributed by atoms with Crippen molar-refractivity contribution in [2.45, 2.75) is 36.8 Å². The zero-order valence-electron chi connectivity index (χ0n) is 16.3. The molecule has 0 heterocycles. The van der Waals surface area contributed by atoms with Crippen molar-refractivity contribution in [3.05, 3.63) is 96.1 Å². The van der Waals surface area contributed by atoms with E-state index in [9.17, 15) is 0 Å². The maximum atomic E-state index is 6.96. The molecule has 0 aliphatic rings. The van der Waals surface area contributed by atoms with Gasteiger partial charge in [0, 0.05) is 4.43 Å². The number of rotatable bonds is 6. The van der Waals surface area contributed by atoms with E-state index in [0.29, 0.717) is 6.61 Å². The molecule has 0 atom stereocenters. The Balaban J connectivity index is 2.05. The third kappa shape index (κ3) is 4.36. The number of hydrogen-bond donors (Lipinski definition) is 0. The highest BCUT2D eigenvalue weighted by molar-refractivity contribution is 14.1. The van der Waals surface area contributed by atoms with Crippen molar-refractivity contribution >= 4 is 41.3 Å². The molecule has 3 aromatic rings. The topological polar surface area (TPSA) is 9.23 Å². The zero-order chi connectivity index (χ0) is 19.3. The maximum absolute atomic E-state index is 6.96. The molecule has 0 radical (unpaired) electrons. The van der Waals surface area contributed by atoms with Crippen LogP contribution in [-0.4, -0.2) is 8.32 Å². The lowest BCUT2D eigenvalue weighted by molar-refractivity contribution is 0.286. The highest BCUT2D eigenvalue weighted by atomic mass is 127.